The number of hydrogen-bond acceptors (Lipinski definition) is 7. The minimum absolute atomic E-state index is 0.211. The summed E-state index contributed by atoms with van der Waals surface area (Å²) in [7, 11) is 2.15. The highest BCUT2D eigenvalue weighted by Crippen LogP contribution is 2.39. The van der Waals surface area contributed by atoms with E-state index >= 15 is 0 Å². The predicted octanol–water partition coefficient (Wildman–Crippen LogP) is 2.26. The quantitative estimate of drug-likeness (QED) is 0.634. The normalized spacial score (nSPS) is 19.8. The fraction of sp³-hybridized carbons (Fsp3) is 0.478. The SMILES string of the molecule is CN1CCc2c(sc3c2C(=O)N(CCN2CCN(c4n[nH]c5ccccc45)CC2)CN3)C1. The second-order valence-corrected chi connectivity index (χ2v) is 10.1. The number of nitrogens with one attached hydrogen (secondary N) is 2. The van der Waals surface area contributed by atoms with E-state index in [9.17, 15) is 4.79 Å². The molecule has 9 heteroatoms. The molecule has 0 atom stereocenters. The number of amides is 1. The molecule has 1 aromatic carbocycles. The molecule has 0 radical (unpaired) electrons. The molecular weight excluding hydrogens is 422 g/mol. The number of likely N-dealkylation sites (N-methyl/N-ethyl adjacent to an activating group) is 1. The van der Waals surface area contributed by atoms with Gasteiger partial charge in [0.2, 0.25) is 0 Å². The van der Waals surface area contributed by atoms with Gasteiger partial charge in [0.15, 0.2) is 5.82 Å². The Morgan fingerprint density at radius 2 is 1.94 bits per heavy atom. The van der Waals surface area contributed by atoms with E-state index in [1.807, 2.05) is 11.0 Å². The van der Waals surface area contributed by atoms with Crippen LogP contribution in [0.3, 0.4) is 0 Å². The lowest BCUT2D eigenvalue weighted by Gasteiger charge is -2.36. The molecule has 0 spiro atoms. The molecule has 168 valence electrons. The first-order chi connectivity index (χ1) is 15.7. The number of carbonyl (C=O) groups excluding carboxylic acids is 1. The van der Waals surface area contributed by atoms with E-state index in [2.05, 4.69) is 55.5 Å². The minimum atomic E-state index is 0.211. The van der Waals surface area contributed by atoms with Gasteiger partial charge in [0.05, 0.1) is 17.7 Å². The Kier molecular flexibility index (Phi) is 5.04. The molecule has 6 rings (SSSR count). The van der Waals surface area contributed by atoms with Gasteiger partial charge in [0.1, 0.15) is 5.00 Å². The summed E-state index contributed by atoms with van der Waals surface area (Å²) in [5.74, 6) is 1.26. The van der Waals surface area contributed by atoms with Crippen molar-refractivity contribution in [2.75, 3.05) is 69.7 Å². The number of hydrogen-bond donors (Lipinski definition) is 2. The summed E-state index contributed by atoms with van der Waals surface area (Å²) in [5.41, 5.74) is 3.31. The van der Waals surface area contributed by atoms with Gasteiger partial charge in [-0.15, -0.1) is 11.3 Å². The minimum Gasteiger partial charge on any atom is -0.359 e. The number of piperazine rings is 1. The zero-order valence-electron chi connectivity index (χ0n) is 18.4. The first-order valence-electron chi connectivity index (χ1n) is 11.4. The molecule has 5 heterocycles. The van der Waals surface area contributed by atoms with Crippen molar-refractivity contribution in [3.05, 3.63) is 40.3 Å². The number of fused-ring (bicyclic) bond motifs is 4. The number of thiophene rings is 1. The fourth-order valence-electron chi connectivity index (χ4n) is 5.10. The molecule has 32 heavy (non-hydrogen) atoms. The summed E-state index contributed by atoms with van der Waals surface area (Å²) in [6.45, 7) is 8.16. The maximum absolute atomic E-state index is 13.3. The second-order valence-electron chi connectivity index (χ2n) is 9.02. The van der Waals surface area contributed by atoms with Crippen molar-refractivity contribution in [2.45, 2.75) is 13.0 Å². The topological polar surface area (TPSA) is 70.7 Å². The molecule has 3 aliphatic heterocycles. The molecule has 1 saturated heterocycles. The fourth-order valence-corrected chi connectivity index (χ4v) is 6.40. The van der Waals surface area contributed by atoms with E-state index in [1.54, 1.807) is 11.3 Å². The number of aromatic amines is 1. The van der Waals surface area contributed by atoms with Crippen LogP contribution in [0.2, 0.25) is 0 Å². The molecule has 0 unspecified atom stereocenters. The standard InChI is InChI=1S/C23H29N7OS/c1-27-7-6-17-19(14-27)32-22-20(17)23(31)30(15-24-22)13-10-28-8-11-29(12-9-28)21-16-4-2-3-5-18(16)25-26-21/h2-5,24H,6-15H2,1H3,(H,25,26). The van der Waals surface area contributed by atoms with Crippen LogP contribution in [-0.2, 0) is 13.0 Å². The summed E-state index contributed by atoms with van der Waals surface area (Å²) in [4.78, 5) is 23.8. The highest BCUT2D eigenvalue weighted by atomic mass is 32.1. The average Bonchev–Trinajstić information content (AvgIpc) is 3.40. The first kappa shape index (κ1) is 20.0. The highest BCUT2D eigenvalue weighted by molar-refractivity contribution is 7.16. The summed E-state index contributed by atoms with van der Waals surface area (Å²) in [5, 5.41) is 13.5. The zero-order valence-corrected chi connectivity index (χ0v) is 19.2. The average molecular weight is 452 g/mol. The first-order valence-corrected chi connectivity index (χ1v) is 12.3. The largest absolute Gasteiger partial charge is 0.359 e. The van der Waals surface area contributed by atoms with Crippen LogP contribution in [0.1, 0.15) is 20.8 Å². The number of para-hydroxylation sites is 1. The Labute approximate surface area is 191 Å². The molecule has 3 aromatic rings. The Hall–Kier alpha value is -2.62. The number of benzene rings is 1. The molecule has 0 bridgehead atoms. The van der Waals surface area contributed by atoms with Gasteiger partial charge in [-0.05, 0) is 31.2 Å². The maximum atomic E-state index is 13.3. The predicted molar refractivity (Wildman–Crippen MR) is 129 cm³/mol. The number of rotatable bonds is 4. The van der Waals surface area contributed by atoms with Gasteiger partial charge in [-0.25, -0.2) is 0 Å². The second kappa shape index (κ2) is 8.06. The Balaban J connectivity index is 1.07. The highest BCUT2D eigenvalue weighted by Gasteiger charge is 2.33. The van der Waals surface area contributed by atoms with Gasteiger partial charge >= 0.3 is 0 Å². The van der Waals surface area contributed by atoms with Crippen molar-refractivity contribution in [3.8, 4) is 0 Å². The number of H-pyrrole nitrogens is 1. The van der Waals surface area contributed by atoms with E-state index in [4.69, 9.17) is 0 Å². The molecular formula is C23H29N7OS. The third-order valence-electron chi connectivity index (χ3n) is 6.99. The lowest BCUT2D eigenvalue weighted by Crippen LogP contribution is -2.50. The van der Waals surface area contributed by atoms with Crippen LogP contribution in [0.15, 0.2) is 24.3 Å². The van der Waals surface area contributed by atoms with Crippen LogP contribution in [0, 0.1) is 0 Å². The lowest BCUT2D eigenvalue weighted by molar-refractivity contribution is 0.0736. The molecule has 3 aliphatic rings. The van der Waals surface area contributed by atoms with Gasteiger partial charge in [-0.1, -0.05) is 12.1 Å². The Morgan fingerprint density at radius 3 is 2.81 bits per heavy atom. The van der Waals surface area contributed by atoms with Crippen LogP contribution >= 0.6 is 11.3 Å². The number of nitrogens with zero attached hydrogens (tertiary/aromatic N) is 5. The summed E-state index contributed by atoms with van der Waals surface area (Å²) < 4.78 is 0. The van der Waals surface area contributed by atoms with Gasteiger partial charge in [0, 0.05) is 62.6 Å². The van der Waals surface area contributed by atoms with Gasteiger partial charge < -0.3 is 20.0 Å². The van der Waals surface area contributed by atoms with Crippen LogP contribution in [-0.4, -0.2) is 90.3 Å². The number of anilines is 2. The van der Waals surface area contributed by atoms with Gasteiger partial charge in [-0.2, -0.15) is 5.10 Å². The number of aromatic nitrogens is 2. The van der Waals surface area contributed by atoms with Crippen molar-refractivity contribution < 1.29 is 4.79 Å². The van der Waals surface area contributed by atoms with E-state index in [1.165, 1.54) is 15.8 Å². The molecule has 2 aromatic heterocycles. The van der Waals surface area contributed by atoms with Crippen molar-refractivity contribution in [3.63, 3.8) is 0 Å². The van der Waals surface area contributed by atoms with Crippen molar-refractivity contribution in [1.29, 1.82) is 0 Å². The van der Waals surface area contributed by atoms with Crippen molar-refractivity contribution in [2.24, 2.45) is 0 Å². The lowest BCUT2D eigenvalue weighted by atomic mass is 10.0. The summed E-state index contributed by atoms with van der Waals surface area (Å²) in [6, 6.07) is 8.30. The Bertz CT molecular complexity index is 1150. The molecule has 0 aliphatic carbocycles. The van der Waals surface area contributed by atoms with Crippen LogP contribution in [0.4, 0.5) is 10.8 Å². The smallest absolute Gasteiger partial charge is 0.258 e. The van der Waals surface area contributed by atoms with Gasteiger partial charge in [0.25, 0.3) is 5.91 Å². The molecule has 8 nitrogen and oxygen atoms in total. The molecule has 2 N–H and O–H groups in total. The molecule has 1 amide bonds. The Morgan fingerprint density at radius 1 is 1.09 bits per heavy atom. The third kappa shape index (κ3) is 3.44. The monoisotopic (exact) mass is 451 g/mol. The molecule has 1 fully saturated rings. The van der Waals surface area contributed by atoms with Crippen molar-refractivity contribution >= 4 is 39.0 Å². The van der Waals surface area contributed by atoms with Gasteiger partial charge in [-0.3, -0.25) is 14.8 Å². The maximum Gasteiger partial charge on any atom is 0.258 e. The summed E-state index contributed by atoms with van der Waals surface area (Å²) >= 11 is 1.77. The van der Waals surface area contributed by atoms with Crippen LogP contribution in [0.5, 0.6) is 0 Å². The van der Waals surface area contributed by atoms with E-state index in [0.717, 1.165) is 80.7 Å². The zero-order chi connectivity index (χ0) is 21.7. The number of carbonyl (C=O) groups is 1. The van der Waals surface area contributed by atoms with E-state index in [0.29, 0.717) is 6.67 Å². The van der Waals surface area contributed by atoms with Crippen LogP contribution in [0.25, 0.3) is 10.9 Å². The van der Waals surface area contributed by atoms with E-state index in [-0.39, 0.29) is 5.91 Å². The molecule has 0 saturated carbocycles. The van der Waals surface area contributed by atoms with Crippen molar-refractivity contribution in [1.82, 2.24) is 24.9 Å². The summed E-state index contributed by atoms with van der Waals surface area (Å²) in [6.07, 6.45) is 0.975. The third-order valence-corrected chi connectivity index (χ3v) is 8.16. The van der Waals surface area contributed by atoms with Crippen LogP contribution < -0.4 is 10.2 Å². The van der Waals surface area contributed by atoms with E-state index < -0.39 is 0 Å².